The summed E-state index contributed by atoms with van der Waals surface area (Å²) in [6.07, 6.45) is 4.74. The third kappa shape index (κ3) is 7.28. The molecule has 1 atom stereocenters. The van der Waals surface area contributed by atoms with E-state index in [0.29, 0.717) is 31.6 Å². The summed E-state index contributed by atoms with van der Waals surface area (Å²) in [6.45, 7) is 2.92. The van der Waals surface area contributed by atoms with Gasteiger partial charge in [-0.15, -0.1) is 23.2 Å². The molecule has 0 aromatic rings. The summed E-state index contributed by atoms with van der Waals surface area (Å²) < 4.78 is 27.0. The second-order valence-corrected chi connectivity index (χ2v) is 10.1. The first-order valence-corrected chi connectivity index (χ1v) is 12.6. The van der Waals surface area contributed by atoms with E-state index in [-0.39, 0.29) is 42.0 Å². The zero-order valence-corrected chi connectivity index (χ0v) is 20.3. The Morgan fingerprint density at radius 1 is 1.16 bits per heavy atom. The predicted molar refractivity (Wildman–Crippen MR) is 123 cm³/mol. The smallest absolute Gasteiger partial charge is 0.238 e. The Hall–Kier alpha value is -0.940. The average molecular weight is 514 g/mol. The standard InChI is InChI=1S/C19H27Cl3N4O4S/c1-13-10-14(26(6-8-27)7-9-28)2-3-17(13)24-25-18-11-16(22)19(12-15(18)21)31(29,30)23-5-4-20/h10,12,16,23,27-28H,2-9,11H2,1H3. The van der Waals surface area contributed by atoms with Crippen LogP contribution in [-0.4, -0.2) is 67.6 Å². The van der Waals surface area contributed by atoms with Gasteiger partial charge in [-0.25, -0.2) is 13.1 Å². The molecule has 1 unspecified atom stereocenters. The van der Waals surface area contributed by atoms with Crippen LogP contribution < -0.4 is 4.72 Å². The number of nitrogens with one attached hydrogen (secondary N) is 1. The van der Waals surface area contributed by atoms with Gasteiger partial charge in [0.2, 0.25) is 10.0 Å². The van der Waals surface area contributed by atoms with Crippen LogP contribution in [0.4, 0.5) is 0 Å². The van der Waals surface area contributed by atoms with Gasteiger partial charge in [-0.1, -0.05) is 11.6 Å². The van der Waals surface area contributed by atoms with Crippen molar-refractivity contribution in [2.24, 2.45) is 10.2 Å². The maximum absolute atomic E-state index is 12.3. The normalized spacial score (nSPS) is 20.4. The van der Waals surface area contributed by atoms with Gasteiger partial charge in [-0.3, -0.25) is 0 Å². The number of rotatable bonds is 11. The fraction of sp³-hybridized carbons (Fsp3) is 0.579. The van der Waals surface area contributed by atoms with Gasteiger partial charge >= 0.3 is 0 Å². The lowest BCUT2D eigenvalue weighted by atomic mass is 10.0. The van der Waals surface area contributed by atoms with Gasteiger partial charge in [-0.2, -0.15) is 10.2 Å². The molecule has 0 aromatic carbocycles. The monoisotopic (exact) mass is 512 g/mol. The molecule has 0 bridgehead atoms. The Morgan fingerprint density at radius 2 is 1.81 bits per heavy atom. The first kappa shape index (κ1) is 26.3. The Kier molecular flexibility index (Phi) is 10.5. The molecular weight excluding hydrogens is 487 g/mol. The van der Waals surface area contributed by atoms with Crippen LogP contribution in [0.15, 0.2) is 55.0 Å². The Morgan fingerprint density at radius 3 is 2.39 bits per heavy atom. The Balaban J connectivity index is 2.21. The number of aliphatic hydroxyl groups excluding tert-OH is 2. The summed E-state index contributed by atoms with van der Waals surface area (Å²) in [6, 6.07) is 0. The minimum absolute atomic E-state index is 0.00549. The zero-order chi connectivity index (χ0) is 23.0. The summed E-state index contributed by atoms with van der Waals surface area (Å²) >= 11 is 18.1. The van der Waals surface area contributed by atoms with Gasteiger partial charge in [-0.05, 0) is 37.5 Å². The molecule has 31 heavy (non-hydrogen) atoms. The van der Waals surface area contributed by atoms with E-state index in [1.54, 1.807) is 0 Å². The number of halogens is 3. The molecule has 2 aliphatic carbocycles. The summed E-state index contributed by atoms with van der Waals surface area (Å²) in [5.74, 6) is 0.144. The highest BCUT2D eigenvalue weighted by Crippen LogP contribution is 2.34. The van der Waals surface area contributed by atoms with E-state index in [4.69, 9.17) is 34.8 Å². The molecule has 12 heteroatoms. The zero-order valence-electron chi connectivity index (χ0n) is 17.2. The molecule has 0 fully saturated rings. The second-order valence-electron chi connectivity index (χ2n) is 7.00. The fourth-order valence-electron chi connectivity index (χ4n) is 3.25. The van der Waals surface area contributed by atoms with Crippen molar-refractivity contribution in [1.29, 1.82) is 0 Å². The van der Waals surface area contributed by atoms with Gasteiger partial charge in [0.1, 0.15) is 0 Å². The quantitative estimate of drug-likeness (QED) is 0.290. The van der Waals surface area contributed by atoms with Crippen molar-refractivity contribution in [3.8, 4) is 0 Å². The lowest BCUT2D eigenvalue weighted by molar-refractivity contribution is 0.185. The third-order valence-electron chi connectivity index (χ3n) is 4.82. The van der Waals surface area contributed by atoms with Crippen molar-refractivity contribution in [2.75, 3.05) is 38.7 Å². The summed E-state index contributed by atoms with van der Waals surface area (Å²) in [7, 11) is -3.77. The van der Waals surface area contributed by atoms with Gasteiger partial charge in [0.05, 0.1) is 39.9 Å². The number of sulfonamides is 1. The minimum atomic E-state index is -3.77. The fourth-order valence-corrected chi connectivity index (χ4v) is 5.54. The molecule has 0 amide bonds. The van der Waals surface area contributed by atoms with Gasteiger partial charge in [0, 0.05) is 37.6 Å². The highest BCUT2D eigenvalue weighted by atomic mass is 35.5. The van der Waals surface area contributed by atoms with Crippen molar-refractivity contribution in [3.05, 3.63) is 44.8 Å². The van der Waals surface area contributed by atoms with E-state index in [9.17, 15) is 18.6 Å². The number of aliphatic hydroxyl groups is 2. The third-order valence-corrected chi connectivity index (χ3v) is 7.46. The van der Waals surface area contributed by atoms with Gasteiger partial charge in [0.15, 0.2) is 0 Å². The molecule has 174 valence electrons. The molecule has 8 nitrogen and oxygen atoms in total. The van der Waals surface area contributed by atoms with Crippen LogP contribution in [0.5, 0.6) is 0 Å². The number of allylic oxidation sites excluding steroid dienone is 8. The maximum atomic E-state index is 12.3. The molecule has 0 saturated carbocycles. The highest BCUT2D eigenvalue weighted by Gasteiger charge is 2.30. The van der Waals surface area contributed by atoms with E-state index in [2.05, 4.69) is 15.0 Å². The molecule has 2 aliphatic rings. The van der Waals surface area contributed by atoms with Crippen molar-refractivity contribution in [3.63, 3.8) is 0 Å². The lowest BCUT2D eigenvalue weighted by Gasteiger charge is -2.28. The number of nitrogens with zero attached hydrogens (tertiary/aromatic N) is 3. The van der Waals surface area contributed by atoms with Crippen LogP contribution in [0.1, 0.15) is 26.2 Å². The van der Waals surface area contributed by atoms with E-state index in [1.807, 2.05) is 17.9 Å². The molecule has 0 spiro atoms. The van der Waals surface area contributed by atoms with Gasteiger partial charge in [0.25, 0.3) is 0 Å². The van der Waals surface area contributed by atoms with Gasteiger partial charge < -0.3 is 15.1 Å². The molecule has 0 aliphatic heterocycles. The topological polar surface area (TPSA) is 115 Å². The van der Waals surface area contributed by atoms with Crippen LogP contribution in [0.3, 0.4) is 0 Å². The van der Waals surface area contributed by atoms with E-state index in [1.165, 1.54) is 6.08 Å². The predicted octanol–water partition coefficient (Wildman–Crippen LogP) is 3.18. The van der Waals surface area contributed by atoms with E-state index in [0.717, 1.165) is 17.0 Å². The number of alkyl halides is 2. The summed E-state index contributed by atoms with van der Waals surface area (Å²) in [4.78, 5) is 1.93. The van der Waals surface area contributed by atoms with Crippen LogP contribution in [0.2, 0.25) is 0 Å². The Bertz CT molecular complexity index is 907. The van der Waals surface area contributed by atoms with Crippen molar-refractivity contribution < 1.29 is 18.6 Å². The Labute approximate surface area is 198 Å². The summed E-state index contributed by atoms with van der Waals surface area (Å²) in [5, 5.41) is 26.4. The molecule has 0 aromatic heterocycles. The first-order chi connectivity index (χ1) is 14.7. The first-order valence-electron chi connectivity index (χ1n) is 9.82. The number of azo groups is 1. The largest absolute Gasteiger partial charge is 0.395 e. The maximum Gasteiger partial charge on any atom is 0.238 e. The van der Waals surface area contributed by atoms with Crippen LogP contribution in [-0.2, 0) is 10.0 Å². The van der Waals surface area contributed by atoms with Crippen molar-refractivity contribution in [2.45, 2.75) is 31.6 Å². The van der Waals surface area contributed by atoms with E-state index >= 15 is 0 Å². The van der Waals surface area contributed by atoms with Crippen LogP contribution in [0, 0.1) is 0 Å². The van der Waals surface area contributed by atoms with Crippen LogP contribution >= 0.6 is 34.8 Å². The number of hydrogen-bond donors (Lipinski definition) is 3. The average Bonchev–Trinajstić information content (AvgIpc) is 2.73. The SMILES string of the molecule is CC1=C(N=NC2=C(Cl)C=C(S(=O)(=O)NCCCl)C(Cl)C2)CCC(N(CCO)CCO)=C1. The molecule has 0 heterocycles. The molecule has 0 saturated heterocycles. The molecular formula is C19H27Cl3N4O4S. The number of hydrogen-bond acceptors (Lipinski definition) is 7. The van der Waals surface area contributed by atoms with Crippen LogP contribution in [0.25, 0.3) is 0 Å². The highest BCUT2D eigenvalue weighted by molar-refractivity contribution is 7.93. The minimum Gasteiger partial charge on any atom is -0.395 e. The molecule has 2 rings (SSSR count). The van der Waals surface area contributed by atoms with Crippen molar-refractivity contribution in [1.82, 2.24) is 9.62 Å². The molecule has 0 radical (unpaired) electrons. The van der Waals surface area contributed by atoms with E-state index < -0.39 is 15.4 Å². The second kappa shape index (κ2) is 12.3. The lowest BCUT2D eigenvalue weighted by Crippen LogP contribution is -2.31. The molecule has 3 N–H and O–H groups in total. The van der Waals surface area contributed by atoms with Crippen molar-refractivity contribution >= 4 is 44.8 Å². The summed E-state index contributed by atoms with van der Waals surface area (Å²) in [5.41, 5.74) is 3.14.